The van der Waals surface area contributed by atoms with Gasteiger partial charge in [0.15, 0.2) is 0 Å². The molecule has 11 heavy (non-hydrogen) atoms. The van der Waals surface area contributed by atoms with Crippen LogP contribution in [0.4, 0.5) is 26.3 Å². The first kappa shape index (κ1) is 13.0. The molecule has 0 unspecified atom stereocenters. The Morgan fingerprint density at radius 1 is 0.818 bits per heavy atom. The van der Waals surface area contributed by atoms with Crippen molar-refractivity contribution in [1.82, 2.24) is 0 Å². The maximum Gasteiger partial charge on any atom is 0.334 e. The predicted octanol–water partition coefficient (Wildman–Crippen LogP) is 3.95. The molecule has 0 nitrogen and oxygen atoms in total. The minimum Gasteiger partial charge on any atom is -0.172 e. The Morgan fingerprint density at radius 2 is 1.00 bits per heavy atom. The average molecular weight is 198 g/mol. The molecule has 0 spiro atoms. The van der Waals surface area contributed by atoms with E-state index in [2.05, 4.69) is 11.6 Å². The van der Waals surface area contributed by atoms with E-state index in [1.807, 2.05) is 0 Å². The van der Waals surface area contributed by atoms with Crippen molar-refractivity contribution in [3.63, 3.8) is 0 Å². The monoisotopic (exact) mass is 198 g/mol. The van der Waals surface area contributed by atoms with Gasteiger partial charge < -0.3 is 0 Å². The van der Waals surface area contributed by atoms with E-state index in [1.165, 1.54) is 0 Å². The van der Waals surface area contributed by atoms with Gasteiger partial charge in [0, 0.05) is 0 Å². The van der Waals surface area contributed by atoms with Crippen molar-refractivity contribution in [2.75, 3.05) is 0 Å². The van der Waals surface area contributed by atoms with Gasteiger partial charge in [0.05, 0.1) is 5.54 Å². The summed E-state index contributed by atoms with van der Waals surface area (Å²) >= 11 is 4.42. The molecule has 0 heterocycles. The first-order valence-electron chi connectivity index (χ1n) is 1.89. The van der Waals surface area contributed by atoms with Gasteiger partial charge in [-0.25, -0.2) is 0 Å². The number of hydrogen-bond acceptors (Lipinski definition) is 0. The third-order valence-electron chi connectivity index (χ3n) is 0.225. The van der Waals surface area contributed by atoms with Crippen molar-refractivity contribution in [2.45, 2.75) is 0 Å². The molecule has 0 bridgehead atoms. The predicted molar refractivity (Wildman–Crippen MR) is 27.6 cm³/mol. The van der Waals surface area contributed by atoms with E-state index in [1.54, 1.807) is 0 Å². The SMILES string of the molecule is FC(F)=C(F)F.FC(F)=CCl. The van der Waals surface area contributed by atoms with Crippen LogP contribution >= 0.6 is 11.6 Å². The van der Waals surface area contributed by atoms with Crippen molar-refractivity contribution < 1.29 is 26.3 Å². The normalized spacial score (nSPS) is 7.55. The molecule has 0 aliphatic rings. The number of hydrogen-bond donors (Lipinski definition) is 0. The minimum absolute atomic E-state index is 0.222. The molecule has 0 atom stereocenters. The standard InChI is InChI=1S/C2HClF2.C2F4/c3-1-2(4)5;3-1(4)2(5)6/h1H;. The van der Waals surface area contributed by atoms with Crippen LogP contribution in [0.25, 0.3) is 0 Å². The average Bonchev–Trinajstić information content (AvgIpc) is 1.89. The Kier molecular flexibility index (Phi) is 8.80. The Hall–Kier alpha value is -0.650. The van der Waals surface area contributed by atoms with Crippen LogP contribution < -0.4 is 0 Å². The molecule has 0 aromatic heterocycles. The largest absolute Gasteiger partial charge is 0.334 e. The van der Waals surface area contributed by atoms with E-state index in [0.717, 1.165) is 0 Å². The van der Waals surface area contributed by atoms with Gasteiger partial charge >= 0.3 is 12.2 Å². The molecule has 66 valence electrons. The van der Waals surface area contributed by atoms with Crippen LogP contribution in [0.15, 0.2) is 23.8 Å². The van der Waals surface area contributed by atoms with Crippen molar-refractivity contribution >= 4 is 11.6 Å². The fraction of sp³-hybridized carbons (Fsp3) is 0. The quantitative estimate of drug-likeness (QED) is 0.517. The Morgan fingerprint density at radius 3 is 1.00 bits per heavy atom. The molecule has 0 saturated carbocycles. The summed E-state index contributed by atoms with van der Waals surface area (Å²) in [6.07, 6.45) is -7.67. The van der Waals surface area contributed by atoms with Gasteiger partial charge in [0.25, 0.3) is 6.08 Å². The van der Waals surface area contributed by atoms with Gasteiger partial charge in [-0.2, -0.15) is 26.3 Å². The van der Waals surface area contributed by atoms with E-state index < -0.39 is 18.2 Å². The van der Waals surface area contributed by atoms with Crippen LogP contribution in [0.2, 0.25) is 0 Å². The molecular weight excluding hydrogens is 197 g/mol. The highest BCUT2D eigenvalue weighted by Gasteiger charge is 1.98. The molecule has 7 heteroatoms. The van der Waals surface area contributed by atoms with Crippen LogP contribution in [0.1, 0.15) is 0 Å². The van der Waals surface area contributed by atoms with E-state index in [0.29, 0.717) is 0 Å². The molecule has 0 radical (unpaired) electrons. The fourth-order valence-electron chi connectivity index (χ4n) is 0. The summed E-state index contributed by atoms with van der Waals surface area (Å²) < 4.78 is 62.1. The summed E-state index contributed by atoms with van der Waals surface area (Å²) in [6, 6.07) is 0. The Labute approximate surface area is 62.8 Å². The number of halogens is 7. The van der Waals surface area contributed by atoms with Gasteiger partial charge in [0.1, 0.15) is 0 Å². The summed E-state index contributed by atoms with van der Waals surface area (Å²) in [6.45, 7) is 0. The van der Waals surface area contributed by atoms with E-state index in [-0.39, 0.29) is 5.54 Å². The zero-order valence-corrected chi connectivity index (χ0v) is 5.48. The molecule has 0 amide bonds. The summed E-state index contributed by atoms with van der Waals surface area (Å²) in [5.74, 6) is 0. The Balaban J connectivity index is 0. The second-order valence-electron chi connectivity index (χ2n) is 0.920. The fourth-order valence-corrected chi connectivity index (χ4v) is 0. The van der Waals surface area contributed by atoms with Gasteiger partial charge in [-0.3, -0.25) is 0 Å². The van der Waals surface area contributed by atoms with E-state index in [9.17, 15) is 26.3 Å². The summed E-state index contributed by atoms with van der Waals surface area (Å²) in [7, 11) is 0. The maximum atomic E-state index is 10.5. The summed E-state index contributed by atoms with van der Waals surface area (Å²) in [5, 5.41) is 0. The lowest BCUT2D eigenvalue weighted by atomic mass is 11.1. The summed E-state index contributed by atoms with van der Waals surface area (Å²) in [4.78, 5) is 0. The van der Waals surface area contributed by atoms with Gasteiger partial charge in [-0.15, -0.1) is 0 Å². The molecule has 0 aliphatic heterocycles. The minimum atomic E-state index is -2.91. The maximum absolute atomic E-state index is 10.5. The van der Waals surface area contributed by atoms with E-state index >= 15 is 0 Å². The van der Waals surface area contributed by atoms with Gasteiger partial charge in [-0.1, -0.05) is 11.6 Å². The lowest BCUT2D eigenvalue weighted by molar-refractivity contribution is 0.308. The second-order valence-corrected chi connectivity index (χ2v) is 1.14. The van der Waals surface area contributed by atoms with Crippen LogP contribution in [0.3, 0.4) is 0 Å². The van der Waals surface area contributed by atoms with Crippen molar-refractivity contribution in [1.29, 1.82) is 0 Å². The smallest absolute Gasteiger partial charge is 0.172 e. The third-order valence-corrected chi connectivity index (χ3v) is 0.390. The van der Waals surface area contributed by atoms with Crippen molar-refractivity contribution in [3.05, 3.63) is 23.8 Å². The van der Waals surface area contributed by atoms with Crippen LogP contribution in [-0.2, 0) is 0 Å². The second kappa shape index (κ2) is 7.46. The molecule has 0 aromatic rings. The van der Waals surface area contributed by atoms with Crippen molar-refractivity contribution in [2.24, 2.45) is 0 Å². The lowest BCUT2D eigenvalue weighted by Crippen LogP contribution is -1.56. The summed E-state index contributed by atoms with van der Waals surface area (Å²) in [5.41, 5.74) is 0.222. The van der Waals surface area contributed by atoms with E-state index in [4.69, 9.17) is 0 Å². The highest BCUT2D eigenvalue weighted by Crippen LogP contribution is 2.08. The van der Waals surface area contributed by atoms with Gasteiger partial charge in [-0.05, 0) is 0 Å². The molecule has 0 fully saturated rings. The number of rotatable bonds is 0. The van der Waals surface area contributed by atoms with Crippen LogP contribution in [-0.4, -0.2) is 0 Å². The molecule has 0 rings (SSSR count). The molecule has 0 saturated heterocycles. The van der Waals surface area contributed by atoms with Crippen molar-refractivity contribution in [3.8, 4) is 0 Å². The molecular formula is C4HClF6. The zero-order valence-electron chi connectivity index (χ0n) is 4.72. The first-order chi connectivity index (χ1) is 4.91. The molecule has 0 aromatic carbocycles. The highest BCUT2D eigenvalue weighted by atomic mass is 35.5. The van der Waals surface area contributed by atoms with Crippen LogP contribution in [0.5, 0.6) is 0 Å². The first-order valence-corrected chi connectivity index (χ1v) is 2.33. The topological polar surface area (TPSA) is 0 Å². The third kappa shape index (κ3) is 17.6. The lowest BCUT2D eigenvalue weighted by Gasteiger charge is -1.69. The Bertz CT molecular complexity index is 140. The van der Waals surface area contributed by atoms with Gasteiger partial charge in [0.2, 0.25) is 0 Å². The highest BCUT2D eigenvalue weighted by molar-refractivity contribution is 6.25. The zero-order chi connectivity index (χ0) is 9.44. The van der Waals surface area contributed by atoms with Crippen LogP contribution in [0, 0.1) is 0 Å². The molecule has 0 aliphatic carbocycles. The molecule has 0 N–H and O–H groups in total.